The number of hydrogen-bond acceptors (Lipinski definition) is 4. The van der Waals surface area contributed by atoms with Crippen molar-refractivity contribution in [1.29, 1.82) is 0 Å². The van der Waals surface area contributed by atoms with E-state index in [1.807, 2.05) is 58.0 Å². The maximum Gasteiger partial charge on any atom is 0.244 e. The third-order valence-corrected chi connectivity index (χ3v) is 5.67. The van der Waals surface area contributed by atoms with Crippen molar-refractivity contribution in [2.24, 2.45) is 0 Å². The molecule has 0 saturated carbocycles. The van der Waals surface area contributed by atoms with Gasteiger partial charge in [0.15, 0.2) is 0 Å². The first-order valence-corrected chi connectivity index (χ1v) is 10.7. The highest BCUT2D eigenvalue weighted by molar-refractivity contribution is 5.95. The van der Waals surface area contributed by atoms with Gasteiger partial charge < -0.3 is 19.7 Å². The van der Waals surface area contributed by atoms with Gasteiger partial charge in [-0.05, 0) is 68.5 Å². The molecule has 168 valence electrons. The second-order valence-corrected chi connectivity index (χ2v) is 7.80. The Balaban J connectivity index is 2.07. The van der Waals surface area contributed by atoms with Gasteiger partial charge in [0, 0.05) is 24.2 Å². The smallest absolute Gasteiger partial charge is 0.244 e. The number of amides is 2. The van der Waals surface area contributed by atoms with Crippen LogP contribution in [0.3, 0.4) is 0 Å². The molecule has 0 radical (unpaired) electrons. The number of nitrogens with zero attached hydrogens (tertiary/aromatic N) is 1. The monoisotopic (exact) mass is 426 g/mol. The lowest BCUT2D eigenvalue weighted by atomic mass is 10.1. The van der Waals surface area contributed by atoms with Crippen LogP contribution in [0.2, 0.25) is 0 Å². The highest BCUT2D eigenvalue weighted by Crippen LogP contribution is 2.24. The lowest BCUT2D eigenvalue weighted by Gasteiger charge is -2.28. The topological polar surface area (TPSA) is 67.9 Å². The van der Waals surface area contributed by atoms with Gasteiger partial charge in [-0.3, -0.25) is 9.59 Å². The van der Waals surface area contributed by atoms with E-state index in [2.05, 4.69) is 5.32 Å². The average molecular weight is 427 g/mol. The molecule has 2 rings (SSSR count). The Bertz CT molecular complexity index is 888. The zero-order chi connectivity index (χ0) is 23.0. The lowest BCUT2D eigenvalue weighted by Crippen LogP contribution is -2.43. The van der Waals surface area contributed by atoms with Crippen LogP contribution in [0.1, 0.15) is 43.4 Å². The summed E-state index contributed by atoms with van der Waals surface area (Å²) in [7, 11) is 3.20. The first kappa shape index (κ1) is 24.3. The fourth-order valence-corrected chi connectivity index (χ4v) is 3.35. The van der Waals surface area contributed by atoms with Gasteiger partial charge >= 0.3 is 0 Å². The van der Waals surface area contributed by atoms with Crippen LogP contribution in [-0.4, -0.2) is 43.5 Å². The first-order chi connectivity index (χ1) is 14.8. The first-order valence-electron chi connectivity index (χ1n) is 10.7. The molecule has 31 heavy (non-hydrogen) atoms. The van der Waals surface area contributed by atoms with Crippen molar-refractivity contribution in [3.8, 4) is 11.5 Å². The molecule has 6 nitrogen and oxygen atoms in total. The van der Waals surface area contributed by atoms with Crippen LogP contribution in [0.25, 0.3) is 0 Å². The van der Waals surface area contributed by atoms with Crippen LogP contribution >= 0.6 is 0 Å². The number of ether oxygens (including phenoxy) is 2. The average Bonchev–Trinajstić information content (AvgIpc) is 2.78. The summed E-state index contributed by atoms with van der Waals surface area (Å²) >= 11 is 0. The summed E-state index contributed by atoms with van der Waals surface area (Å²) in [5.74, 6) is 1.14. The van der Waals surface area contributed by atoms with Crippen molar-refractivity contribution < 1.29 is 19.1 Å². The molecule has 0 spiro atoms. The molecule has 6 heteroatoms. The van der Waals surface area contributed by atoms with Crippen LogP contribution in [0.5, 0.6) is 11.5 Å². The van der Waals surface area contributed by atoms with Crippen molar-refractivity contribution in [3.05, 3.63) is 53.1 Å². The maximum absolute atomic E-state index is 13.0. The molecule has 0 aromatic heterocycles. The van der Waals surface area contributed by atoms with Crippen molar-refractivity contribution in [1.82, 2.24) is 4.90 Å². The molecule has 1 atom stereocenters. The molecule has 1 N–H and O–H groups in total. The molecule has 2 aromatic carbocycles. The SMILES string of the molecule is CCC(C)N(CC(=O)Nc1cccc(C)c1C)C(=O)CCc1cc(OC)cc(OC)c1. The molecule has 0 aliphatic rings. The summed E-state index contributed by atoms with van der Waals surface area (Å²) in [6.45, 7) is 8.00. The van der Waals surface area contributed by atoms with Gasteiger partial charge in [0.1, 0.15) is 18.0 Å². The molecule has 0 bridgehead atoms. The Morgan fingerprint density at radius 2 is 1.71 bits per heavy atom. The minimum Gasteiger partial charge on any atom is -0.497 e. The summed E-state index contributed by atoms with van der Waals surface area (Å²) in [6.07, 6.45) is 1.62. The van der Waals surface area contributed by atoms with Crippen molar-refractivity contribution >= 4 is 17.5 Å². The highest BCUT2D eigenvalue weighted by atomic mass is 16.5. The predicted octanol–water partition coefficient (Wildman–Crippen LogP) is 4.52. The van der Waals surface area contributed by atoms with Gasteiger partial charge in [-0.2, -0.15) is 0 Å². The summed E-state index contributed by atoms with van der Waals surface area (Å²) in [6, 6.07) is 11.4. The van der Waals surface area contributed by atoms with Gasteiger partial charge in [-0.15, -0.1) is 0 Å². The number of benzene rings is 2. The fraction of sp³-hybridized carbons (Fsp3) is 0.440. The standard InChI is InChI=1S/C25H34N2O4/c1-7-18(3)27(16-24(28)26-23-10-8-9-17(2)19(23)4)25(29)12-11-20-13-21(30-5)15-22(14-20)31-6/h8-10,13-15,18H,7,11-12,16H2,1-6H3,(H,26,28). The third-order valence-electron chi connectivity index (χ3n) is 5.67. The molecule has 0 aliphatic heterocycles. The van der Waals surface area contributed by atoms with E-state index in [-0.39, 0.29) is 24.4 Å². The quantitative estimate of drug-likeness (QED) is 0.607. The Morgan fingerprint density at radius 1 is 1.06 bits per heavy atom. The van der Waals surface area contributed by atoms with E-state index in [1.54, 1.807) is 25.2 Å². The van der Waals surface area contributed by atoms with E-state index in [4.69, 9.17) is 9.47 Å². The minimum absolute atomic E-state index is 0.0304. The number of anilines is 1. The Labute approximate surface area is 185 Å². The number of carbonyl (C=O) groups is 2. The zero-order valence-electron chi connectivity index (χ0n) is 19.5. The third kappa shape index (κ3) is 6.74. The second-order valence-electron chi connectivity index (χ2n) is 7.80. The fourth-order valence-electron chi connectivity index (χ4n) is 3.35. The van der Waals surface area contributed by atoms with Crippen LogP contribution in [0, 0.1) is 13.8 Å². The molecule has 1 unspecified atom stereocenters. The molecule has 2 amide bonds. The van der Waals surface area contributed by atoms with Gasteiger partial charge in [0.05, 0.1) is 14.2 Å². The molecular weight excluding hydrogens is 392 g/mol. The predicted molar refractivity (Wildman–Crippen MR) is 124 cm³/mol. The molecule has 0 fully saturated rings. The Morgan fingerprint density at radius 3 is 2.29 bits per heavy atom. The van der Waals surface area contributed by atoms with Crippen molar-refractivity contribution in [2.45, 2.75) is 53.0 Å². The van der Waals surface area contributed by atoms with Gasteiger partial charge in [0.25, 0.3) is 0 Å². The number of rotatable bonds is 10. The van der Waals surface area contributed by atoms with E-state index in [1.165, 1.54) is 0 Å². The van der Waals surface area contributed by atoms with Gasteiger partial charge in [-0.1, -0.05) is 19.1 Å². The van der Waals surface area contributed by atoms with Gasteiger partial charge in [-0.25, -0.2) is 0 Å². The van der Waals surface area contributed by atoms with E-state index in [9.17, 15) is 9.59 Å². The van der Waals surface area contributed by atoms with Crippen LogP contribution in [0.4, 0.5) is 5.69 Å². The molecular formula is C25H34N2O4. The summed E-state index contributed by atoms with van der Waals surface area (Å²) < 4.78 is 10.6. The zero-order valence-corrected chi connectivity index (χ0v) is 19.5. The van der Waals surface area contributed by atoms with E-state index >= 15 is 0 Å². The molecule has 0 saturated heterocycles. The van der Waals surface area contributed by atoms with E-state index in [0.29, 0.717) is 24.3 Å². The van der Waals surface area contributed by atoms with Crippen LogP contribution in [0.15, 0.2) is 36.4 Å². The summed E-state index contributed by atoms with van der Waals surface area (Å²) in [5.41, 5.74) is 3.88. The second kappa shape index (κ2) is 11.4. The largest absolute Gasteiger partial charge is 0.497 e. The lowest BCUT2D eigenvalue weighted by molar-refractivity contribution is -0.136. The number of hydrogen-bond donors (Lipinski definition) is 1. The maximum atomic E-state index is 13.0. The van der Waals surface area contributed by atoms with E-state index in [0.717, 1.165) is 28.8 Å². The minimum atomic E-state index is -0.189. The summed E-state index contributed by atoms with van der Waals surface area (Å²) in [5, 5.41) is 2.95. The molecule has 0 heterocycles. The van der Waals surface area contributed by atoms with Crippen LogP contribution < -0.4 is 14.8 Å². The Hall–Kier alpha value is -3.02. The van der Waals surface area contributed by atoms with Crippen molar-refractivity contribution in [3.63, 3.8) is 0 Å². The number of methoxy groups -OCH3 is 2. The molecule has 2 aromatic rings. The number of aryl methyl sites for hydroxylation is 2. The Kier molecular flexibility index (Phi) is 8.91. The normalized spacial score (nSPS) is 11.5. The van der Waals surface area contributed by atoms with Crippen molar-refractivity contribution in [2.75, 3.05) is 26.1 Å². The molecule has 0 aliphatic carbocycles. The summed E-state index contributed by atoms with van der Waals surface area (Å²) in [4.78, 5) is 27.4. The number of nitrogens with one attached hydrogen (secondary N) is 1. The van der Waals surface area contributed by atoms with Gasteiger partial charge in [0.2, 0.25) is 11.8 Å². The number of carbonyl (C=O) groups excluding carboxylic acids is 2. The highest BCUT2D eigenvalue weighted by Gasteiger charge is 2.22. The van der Waals surface area contributed by atoms with Crippen LogP contribution in [-0.2, 0) is 16.0 Å². The van der Waals surface area contributed by atoms with E-state index < -0.39 is 0 Å².